The molecule has 1 aliphatic rings. The summed E-state index contributed by atoms with van der Waals surface area (Å²) in [6.07, 6.45) is 19.0. The van der Waals surface area contributed by atoms with Crippen molar-refractivity contribution in [3.8, 4) is 0 Å². The summed E-state index contributed by atoms with van der Waals surface area (Å²) in [5, 5.41) is 0. The first-order chi connectivity index (χ1) is 5.00. The van der Waals surface area contributed by atoms with Crippen LogP contribution in [0.5, 0.6) is 0 Å². The van der Waals surface area contributed by atoms with E-state index in [2.05, 4.69) is 24.3 Å². The Morgan fingerprint density at radius 3 is 3.10 bits per heavy atom. The second kappa shape index (κ2) is 5.04. The van der Waals surface area contributed by atoms with Crippen molar-refractivity contribution >= 4 is 0 Å². The lowest BCUT2D eigenvalue weighted by atomic mass is 10.1. The largest absolute Gasteiger partial charge is 0.0845 e. The number of hydrogen-bond acceptors (Lipinski definition) is 0. The molecule has 0 atom stereocenters. The van der Waals surface area contributed by atoms with Crippen LogP contribution in [0, 0.1) is 12.2 Å². The molecule has 0 heterocycles. The first-order valence-electron chi connectivity index (χ1n) is 3.80. The van der Waals surface area contributed by atoms with Crippen LogP contribution in [0.4, 0.5) is 0 Å². The van der Waals surface area contributed by atoms with Gasteiger partial charge in [0.05, 0.1) is 0 Å². The Bertz CT molecular complexity index is 131. The van der Waals surface area contributed by atoms with Gasteiger partial charge in [0.1, 0.15) is 0 Å². The lowest BCUT2D eigenvalue weighted by Crippen LogP contribution is -1.73. The van der Waals surface area contributed by atoms with Crippen LogP contribution in [0.15, 0.2) is 24.3 Å². The summed E-state index contributed by atoms with van der Waals surface area (Å²) >= 11 is 0. The van der Waals surface area contributed by atoms with Gasteiger partial charge in [-0.05, 0) is 37.8 Å². The number of allylic oxidation sites excluding steroid dienone is 6. The molecule has 0 aliphatic heterocycles. The molecule has 52 valence electrons. The third kappa shape index (κ3) is 3.29. The van der Waals surface area contributed by atoms with Crippen LogP contribution in [0.3, 0.4) is 0 Å². The van der Waals surface area contributed by atoms with Crippen molar-refractivity contribution < 1.29 is 0 Å². The van der Waals surface area contributed by atoms with E-state index in [1.54, 1.807) is 0 Å². The number of hydrogen-bond donors (Lipinski definition) is 0. The zero-order valence-electron chi connectivity index (χ0n) is 6.14. The highest BCUT2D eigenvalue weighted by Gasteiger charge is 1.83. The molecule has 0 spiro atoms. The zero-order valence-corrected chi connectivity index (χ0v) is 6.14. The molecule has 0 bridgehead atoms. The highest BCUT2D eigenvalue weighted by Crippen LogP contribution is 2.02. The Balaban J connectivity index is 2.40. The fraction of sp³-hybridized carbons (Fsp3) is 0.400. The molecule has 0 N–H and O–H groups in total. The highest BCUT2D eigenvalue weighted by atomic mass is 13.9. The van der Waals surface area contributed by atoms with Crippen LogP contribution in [-0.2, 0) is 0 Å². The first kappa shape index (κ1) is 7.33. The van der Waals surface area contributed by atoms with E-state index in [1.807, 2.05) is 12.2 Å². The van der Waals surface area contributed by atoms with Gasteiger partial charge in [0.15, 0.2) is 0 Å². The van der Waals surface area contributed by atoms with Crippen molar-refractivity contribution in [2.75, 3.05) is 0 Å². The molecule has 1 aliphatic carbocycles. The molecule has 0 saturated carbocycles. The Morgan fingerprint density at radius 2 is 2.10 bits per heavy atom. The van der Waals surface area contributed by atoms with Gasteiger partial charge in [-0.3, -0.25) is 0 Å². The summed E-state index contributed by atoms with van der Waals surface area (Å²) in [6.45, 7) is 0. The van der Waals surface area contributed by atoms with Crippen LogP contribution in [0.25, 0.3) is 0 Å². The Morgan fingerprint density at radius 1 is 1.10 bits per heavy atom. The fourth-order valence-corrected chi connectivity index (χ4v) is 0.885. The van der Waals surface area contributed by atoms with Gasteiger partial charge in [-0.25, -0.2) is 0 Å². The van der Waals surface area contributed by atoms with Gasteiger partial charge in [-0.15, -0.1) is 0 Å². The lowest BCUT2D eigenvalue weighted by molar-refractivity contribution is 0.752. The molecule has 2 radical (unpaired) electrons. The Kier molecular flexibility index (Phi) is 3.69. The van der Waals surface area contributed by atoms with E-state index in [1.165, 1.54) is 19.3 Å². The molecule has 1 rings (SSSR count). The second-order valence-corrected chi connectivity index (χ2v) is 2.35. The first-order valence-corrected chi connectivity index (χ1v) is 3.80. The van der Waals surface area contributed by atoms with Gasteiger partial charge in [0, 0.05) is 0 Å². The normalized spacial score (nSPS) is 28.8. The Labute approximate surface area is 62.9 Å². The molecule has 0 fully saturated rings. The average molecular weight is 132 g/mol. The molecule has 0 unspecified atom stereocenters. The van der Waals surface area contributed by atoms with Crippen molar-refractivity contribution in [2.45, 2.75) is 25.7 Å². The standard InChI is InChI=1S/C10H12/c1-2-4-6-8-10-9-7-5-3-1/h1-4H,5,7,9-10H2/b3-1+,4-2+,8-6?. The van der Waals surface area contributed by atoms with E-state index in [0.717, 1.165) is 6.42 Å². The van der Waals surface area contributed by atoms with Gasteiger partial charge >= 0.3 is 0 Å². The highest BCUT2D eigenvalue weighted by molar-refractivity contribution is 5.06. The van der Waals surface area contributed by atoms with Crippen molar-refractivity contribution in [1.82, 2.24) is 0 Å². The van der Waals surface area contributed by atoms with Crippen molar-refractivity contribution in [3.05, 3.63) is 36.5 Å². The zero-order chi connectivity index (χ0) is 7.07. The maximum atomic E-state index is 3.08. The summed E-state index contributed by atoms with van der Waals surface area (Å²) in [5.74, 6) is 0. The smallest absolute Gasteiger partial charge is 0.0146 e. The van der Waals surface area contributed by atoms with Crippen LogP contribution >= 0.6 is 0 Å². The van der Waals surface area contributed by atoms with Crippen LogP contribution in [0.1, 0.15) is 25.7 Å². The molecule has 0 saturated heterocycles. The molecule has 0 nitrogen and oxygen atoms in total. The van der Waals surface area contributed by atoms with Gasteiger partial charge in [0.2, 0.25) is 0 Å². The lowest BCUT2D eigenvalue weighted by Gasteiger charge is -1.92. The molecule has 0 aromatic rings. The molecule has 0 amide bonds. The molecular weight excluding hydrogens is 120 g/mol. The minimum atomic E-state index is 1.05. The summed E-state index contributed by atoms with van der Waals surface area (Å²) < 4.78 is 0. The van der Waals surface area contributed by atoms with Gasteiger partial charge in [-0.2, -0.15) is 0 Å². The summed E-state index contributed by atoms with van der Waals surface area (Å²) in [4.78, 5) is 0. The third-order valence-electron chi connectivity index (χ3n) is 1.45. The van der Waals surface area contributed by atoms with E-state index in [-0.39, 0.29) is 0 Å². The van der Waals surface area contributed by atoms with E-state index < -0.39 is 0 Å². The monoisotopic (exact) mass is 132 g/mol. The van der Waals surface area contributed by atoms with E-state index in [0.29, 0.717) is 0 Å². The minimum Gasteiger partial charge on any atom is -0.0845 e. The van der Waals surface area contributed by atoms with Crippen LogP contribution in [0.2, 0.25) is 0 Å². The maximum Gasteiger partial charge on any atom is -0.0146 e. The van der Waals surface area contributed by atoms with E-state index >= 15 is 0 Å². The van der Waals surface area contributed by atoms with Crippen molar-refractivity contribution in [2.24, 2.45) is 0 Å². The summed E-state index contributed by atoms with van der Waals surface area (Å²) in [6, 6.07) is 0. The number of rotatable bonds is 0. The van der Waals surface area contributed by atoms with Gasteiger partial charge < -0.3 is 0 Å². The fourth-order valence-electron chi connectivity index (χ4n) is 0.885. The van der Waals surface area contributed by atoms with Gasteiger partial charge in [-0.1, -0.05) is 24.3 Å². The minimum absolute atomic E-state index is 1.05. The van der Waals surface area contributed by atoms with Crippen LogP contribution in [-0.4, -0.2) is 0 Å². The van der Waals surface area contributed by atoms with E-state index in [4.69, 9.17) is 0 Å². The maximum absolute atomic E-state index is 3.08. The molecular formula is C10H12. The summed E-state index contributed by atoms with van der Waals surface area (Å²) in [5.41, 5.74) is 0. The quantitative estimate of drug-likeness (QED) is 0.475. The Hall–Kier alpha value is -0.780. The predicted octanol–water partition coefficient (Wildman–Crippen LogP) is 2.84. The van der Waals surface area contributed by atoms with Gasteiger partial charge in [0.25, 0.3) is 0 Å². The predicted molar refractivity (Wildman–Crippen MR) is 43.2 cm³/mol. The average Bonchev–Trinajstić information content (AvgIpc) is 2.01. The second-order valence-electron chi connectivity index (χ2n) is 2.35. The van der Waals surface area contributed by atoms with Crippen molar-refractivity contribution in [1.29, 1.82) is 0 Å². The summed E-state index contributed by atoms with van der Waals surface area (Å²) in [7, 11) is 0. The molecule has 0 heteroatoms. The SMILES string of the molecule is [C]1=[C]\CCCC/C=C/C=C/1. The van der Waals surface area contributed by atoms with E-state index in [9.17, 15) is 0 Å². The molecule has 0 aromatic carbocycles. The topological polar surface area (TPSA) is 0 Å². The molecule has 10 heavy (non-hydrogen) atoms. The van der Waals surface area contributed by atoms with Crippen LogP contribution < -0.4 is 0 Å². The van der Waals surface area contributed by atoms with Crippen molar-refractivity contribution in [3.63, 3.8) is 0 Å². The molecule has 0 aromatic heterocycles. The third-order valence-corrected chi connectivity index (χ3v) is 1.45.